The zero-order valence-electron chi connectivity index (χ0n) is 21.1. The van der Waals surface area contributed by atoms with Gasteiger partial charge in [-0.15, -0.1) is 0 Å². The van der Waals surface area contributed by atoms with Gasteiger partial charge in [-0.25, -0.2) is 8.70 Å². The molecule has 0 aliphatic carbocycles. The zero-order valence-corrected chi connectivity index (χ0v) is 22.6. The summed E-state index contributed by atoms with van der Waals surface area (Å²) in [4.78, 5) is 3.08. The van der Waals surface area contributed by atoms with E-state index in [-0.39, 0.29) is 17.6 Å². The van der Waals surface area contributed by atoms with Gasteiger partial charge in [0.05, 0.1) is 23.8 Å². The first-order chi connectivity index (χ1) is 16.3. The fraction of sp³-hybridized carbons (Fsp3) is 0.500. The second-order valence-electron chi connectivity index (χ2n) is 7.83. The molecular weight excluding hydrogens is 473 g/mol. The highest BCUT2D eigenvalue weighted by Gasteiger charge is 2.45. The number of aryl methyl sites for hydroxylation is 1. The van der Waals surface area contributed by atoms with E-state index >= 15 is 0 Å². The fourth-order valence-electron chi connectivity index (χ4n) is 3.56. The van der Waals surface area contributed by atoms with Crippen LogP contribution in [0.1, 0.15) is 38.8 Å². The van der Waals surface area contributed by atoms with Gasteiger partial charge in [0.25, 0.3) is 0 Å². The van der Waals surface area contributed by atoms with Gasteiger partial charge in [-0.05, 0) is 55.7 Å². The molecule has 0 radical (unpaired) electrons. The monoisotopic (exact) mass is 509 g/mol. The molecule has 0 aromatic heterocycles. The van der Waals surface area contributed by atoms with Crippen molar-refractivity contribution in [2.75, 3.05) is 46.4 Å². The van der Waals surface area contributed by atoms with E-state index in [1.54, 1.807) is 18.0 Å². The van der Waals surface area contributed by atoms with Crippen LogP contribution in [0.25, 0.3) is 0 Å². The van der Waals surface area contributed by atoms with Crippen molar-refractivity contribution >= 4 is 23.5 Å². The van der Waals surface area contributed by atoms with E-state index in [1.165, 1.54) is 12.1 Å². The Morgan fingerprint density at radius 1 is 1.21 bits per heavy atom. The van der Waals surface area contributed by atoms with E-state index in [1.807, 2.05) is 65.9 Å². The number of hydrogen-bond acceptors (Lipinski definition) is 6. The van der Waals surface area contributed by atoms with Gasteiger partial charge in [0.2, 0.25) is 0 Å². The Balaban J connectivity index is 0.00000137. The topological polar surface area (TPSA) is 59.7 Å². The number of benzene rings is 2. The first-order valence-corrected chi connectivity index (χ1v) is 12.8. The summed E-state index contributed by atoms with van der Waals surface area (Å²) in [7, 11) is 1.96. The molecule has 0 saturated carbocycles. The molecule has 0 bridgehead atoms. The third kappa shape index (κ3) is 8.75. The highest BCUT2D eigenvalue weighted by molar-refractivity contribution is 7.97. The molecule has 1 saturated heterocycles. The lowest BCUT2D eigenvalue weighted by molar-refractivity contribution is -0.00369. The maximum atomic E-state index is 13.9. The van der Waals surface area contributed by atoms with E-state index in [0.717, 1.165) is 35.1 Å². The minimum absolute atomic E-state index is 0.000869. The highest BCUT2D eigenvalue weighted by Crippen LogP contribution is 2.41. The van der Waals surface area contributed by atoms with Crippen LogP contribution in [0.3, 0.4) is 0 Å². The highest BCUT2D eigenvalue weighted by atomic mass is 35.5. The molecule has 1 fully saturated rings. The number of halogens is 2. The third-order valence-corrected chi connectivity index (χ3v) is 6.53. The molecule has 1 N–H and O–H groups in total. The van der Waals surface area contributed by atoms with Gasteiger partial charge in [0, 0.05) is 42.6 Å². The Labute approximate surface area is 213 Å². The molecule has 2 aromatic rings. The summed E-state index contributed by atoms with van der Waals surface area (Å²) < 4.78 is 22.0. The van der Waals surface area contributed by atoms with Gasteiger partial charge >= 0.3 is 0 Å². The Hall–Kier alpha value is -1.82. The molecule has 0 spiro atoms. The molecule has 0 atom stereocenters. The van der Waals surface area contributed by atoms with Gasteiger partial charge in [-0.2, -0.15) is 5.26 Å². The van der Waals surface area contributed by atoms with E-state index in [2.05, 4.69) is 9.21 Å². The lowest BCUT2D eigenvalue weighted by Crippen LogP contribution is -2.60. The van der Waals surface area contributed by atoms with Crippen LogP contribution < -0.4 is 4.74 Å². The fourth-order valence-corrected chi connectivity index (χ4v) is 5.13. The molecular formula is C26H37ClFN3O2S. The van der Waals surface area contributed by atoms with Gasteiger partial charge in [-0.1, -0.05) is 45.4 Å². The van der Waals surface area contributed by atoms with Crippen molar-refractivity contribution in [3.63, 3.8) is 0 Å². The van der Waals surface area contributed by atoms with E-state index < -0.39 is 5.82 Å². The molecule has 1 aliphatic heterocycles. The van der Waals surface area contributed by atoms with Crippen LogP contribution in [0.15, 0.2) is 41.3 Å². The van der Waals surface area contributed by atoms with Crippen molar-refractivity contribution in [2.45, 2.75) is 39.5 Å². The number of likely N-dealkylation sites (N-methyl/N-ethyl adjacent to an activating group) is 1. The van der Waals surface area contributed by atoms with Crippen LogP contribution in [-0.4, -0.2) is 60.8 Å². The molecule has 5 nitrogen and oxygen atoms in total. The van der Waals surface area contributed by atoms with Crippen LogP contribution in [0.2, 0.25) is 5.02 Å². The van der Waals surface area contributed by atoms with Gasteiger partial charge < -0.3 is 14.7 Å². The Bertz CT molecular complexity index is 933. The molecule has 1 heterocycles. The normalized spacial score (nSPS) is 14.1. The zero-order chi connectivity index (χ0) is 25.7. The summed E-state index contributed by atoms with van der Waals surface area (Å²) >= 11 is 7.98. The minimum atomic E-state index is -0.582. The SMILES string of the molecule is CC.CC.Cc1ccc(SN2CC(COc3ccc(C#N)c(F)c3)(CN(C)CCO)C2)c(Cl)c1. The standard InChI is InChI=1S/C22H25ClFN3O2S.2C2H6/c1-16-3-6-21(19(23)9-16)30-27-13-22(14-27,12-26(2)7-8-28)15-29-18-5-4-17(11-25)20(24)10-18;2*1-2/h3-6,9-10,28H,7-8,12-15H2,1-2H3;2*1-2H3. The van der Waals surface area contributed by atoms with Crippen LogP contribution in [0, 0.1) is 29.5 Å². The lowest BCUT2D eigenvalue weighted by Gasteiger charge is -2.50. The summed E-state index contributed by atoms with van der Waals surface area (Å²) in [5.74, 6) is -0.176. The molecule has 2 aromatic carbocycles. The summed E-state index contributed by atoms with van der Waals surface area (Å²) in [5, 5.41) is 18.9. The van der Waals surface area contributed by atoms with Crippen molar-refractivity contribution in [3.8, 4) is 11.8 Å². The maximum Gasteiger partial charge on any atom is 0.144 e. The smallest absolute Gasteiger partial charge is 0.144 e. The van der Waals surface area contributed by atoms with Crippen LogP contribution in [0.5, 0.6) is 5.75 Å². The van der Waals surface area contributed by atoms with E-state index in [4.69, 9.17) is 21.6 Å². The lowest BCUT2D eigenvalue weighted by atomic mass is 9.82. The Morgan fingerprint density at radius 2 is 1.88 bits per heavy atom. The Morgan fingerprint density at radius 3 is 2.44 bits per heavy atom. The van der Waals surface area contributed by atoms with Crippen LogP contribution >= 0.6 is 23.5 Å². The number of rotatable bonds is 9. The largest absolute Gasteiger partial charge is 0.493 e. The summed E-state index contributed by atoms with van der Waals surface area (Å²) in [5.41, 5.74) is 0.968. The predicted molar refractivity (Wildman–Crippen MR) is 140 cm³/mol. The van der Waals surface area contributed by atoms with Crippen molar-refractivity contribution in [2.24, 2.45) is 5.41 Å². The minimum Gasteiger partial charge on any atom is -0.493 e. The van der Waals surface area contributed by atoms with Gasteiger partial charge in [0.15, 0.2) is 0 Å². The number of aliphatic hydroxyl groups is 1. The third-order valence-electron chi connectivity index (χ3n) is 5.03. The first kappa shape index (κ1) is 30.2. The molecule has 0 amide bonds. The Kier molecular flexibility index (Phi) is 13.5. The van der Waals surface area contributed by atoms with E-state index in [9.17, 15) is 9.50 Å². The van der Waals surface area contributed by atoms with Crippen molar-refractivity contribution in [3.05, 3.63) is 58.4 Å². The second kappa shape index (κ2) is 15.2. The second-order valence-corrected chi connectivity index (χ2v) is 9.37. The predicted octanol–water partition coefficient (Wildman–Crippen LogP) is 6.02. The van der Waals surface area contributed by atoms with Crippen LogP contribution in [-0.2, 0) is 0 Å². The number of ether oxygens (including phenoxy) is 1. The average molecular weight is 510 g/mol. The first-order valence-electron chi connectivity index (χ1n) is 11.6. The number of nitrogens with zero attached hydrogens (tertiary/aromatic N) is 3. The summed E-state index contributed by atoms with van der Waals surface area (Å²) in [6.07, 6.45) is 0. The molecule has 0 unspecified atom stereocenters. The van der Waals surface area contributed by atoms with Gasteiger partial charge in [-0.3, -0.25) is 0 Å². The molecule has 3 rings (SSSR count). The quantitative estimate of drug-likeness (QED) is 0.417. The van der Waals surface area contributed by atoms with Crippen molar-refractivity contribution in [1.82, 2.24) is 9.21 Å². The van der Waals surface area contributed by atoms with E-state index in [0.29, 0.717) is 18.9 Å². The molecule has 1 aliphatic rings. The number of aliphatic hydroxyl groups excluding tert-OH is 1. The number of hydrogen-bond donors (Lipinski definition) is 1. The summed E-state index contributed by atoms with van der Waals surface area (Å²) in [6, 6.07) is 12.1. The maximum absolute atomic E-state index is 13.9. The number of nitriles is 1. The van der Waals surface area contributed by atoms with Gasteiger partial charge in [0.1, 0.15) is 17.6 Å². The van der Waals surface area contributed by atoms with Crippen molar-refractivity contribution < 1.29 is 14.2 Å². The van der Waals surface area contributed by atoms with Crippen LogP contribution in [0.4, 0.5) is 4.39 Å². The molecule has 8 heteroatoms. The summed E-state index contributed by atoms with van der Waals surface area (Å²) in [6.45, 7) is 13.4. The molecule has 34 heavy (non-hydrogen) atoms. The van der Waals surface area contributed by atoms with Crippen molar-refractivity contribution in [1.29, 1.82) is 5.26 Å². The average Bonchev–Trinajstić information content (AvgIpc) is 2.81. The molecule has 188 valence electrons.